The highest BCUT2D eigenvalue weighted by Gasteiger charge is 1.67. The van der Waals surface area contributed by atoms with Crippen LogP contribution in [-0.4, -0.2) is 24.8 Å². The first-order valence-corrected chi connectivity index (χ1v) is 2.84. The molecule has 0 aromatic carbocycles. The van der Waals surface area contributed by atoms with Crippen LogP contribution in [0.25, 0.3) is 0 Å². The molecule has 0 spiro atoms. The van der Waals surface area contributed by atoms with Gasteiger partial charge in [-0.1, -0.05) is 0 Å². The third kappa shape index (κ3) is 77.8. The van der Waals surface area contributed by atoms with Crippen LogP contribution < -0.4 is 11.5 Å². The maximum absolute atomic E-state index is 7.57. The molecule has 0 amide bonds. The summed E-state index contributed by atoms with van der Waals surface area (Å²) in [7, 11) is 0. The molecule has 0 radical (unpaired) electrons. The van der Waals surface area contributed by atoms with Crippen molar-refractivity contribution in [3.05, 3.63) is 0 Å². The minimum absolute atomic E-state index is 0. The molecular formula is C5H18Cl2N2O. The molecule has 0 aromatic rings. The zero-order chi connectivity index (χ0) is 6.83. The first kappa shape index (κ1) is 22.4. The second kappa shape index (κ2) is 34.0. The summed E-state index contributed by atoms with van der Waals surface area (Å²) in [6.07, 6.45) is 0.944. The molecule has 0 unspecified atom stereocenters. The Bertz CT molecular complexity index is 31.6. The Morgan fingerprint density at radius 3 is 1.30 bits per heavy atom. The van der Waals surface area contributed by atoms with Gasteiger partial charge < -0.3 is 16.6 Å². The number of hydrogen-bond donors (Lipinski definition) is 3. The van der Waals surface area contributed by atoms with Crippen LogP contribution in [0.3, 0.4) is 0 Å². The lowest BCUT2D eigenvalue weighted by Gasteiger charge is -1.81. The van der Waals surface area contributed by atoms with Crippen LogP contribution in [0.4, 0.5) is 0 Å². The average Bonchev–Trinajstić information content (AvgIpc) is 1.71. The van der Waals surface area contributed by atoms with E-state index in [0.717, 1.165) is 19.5 Å². The van der Waals surface area contributed by atoms with Crippen molar-refractivity contribution in [2.75, 3.05) is 19.7 Å². The van der Waals surface area contributed by atoms with E-state index >= 15 is 0 Å². The molecule has 0 fully saturated rings. The van der Waals surface area contributed by atoms with Gasteiger partial charge in [0.15, 0.2) is 0 Å². The van der Waals surface area contributed by atoms with Crippen LogP contribution in [0.15, 0.2) is 0 Å². The van der Waals surface area contributed by atoms with Gasteiger partial charge in [-0.3, -0.25) is 0 Å². The SMILES string of the molecule is CCO.Cl.Cl.NCCCN. The van der Waals surface area contributed by atoms with E-state index in [-0.39, 0.29) is 31.4 Å². The lowest BCUT2D eigenvalue weighted by Crippen LogP contribution is -2.06. The van der Waals surface area contributed by atoms with Gasteiger partial charge in [0, 0.05) is 6.61 Å². The van der Waals surface area contributed by atoms with E-state index in [1.807, 2.05) is 0 Å². The standard InChI is InChI=1S/C3H10N2.C2H6O.2ClH/c4-2-1-3-5;1-2-3;;/h1-5H2;3H,2H2,1H3;2*1H. The molecule has 0 heterocycles. The first-order chi connectivity index (χ1) is 3.83. The van der Waals surface area contributed by atoms with E-state index in [1.54, 1.807) is 6.92 Å². The van der Waals surface area contributed by atoms with Gasteiger partial charge in [-0.15, -0.1) is 24.8 Å². The predicted molar refractivity (Wildman–Crippen MR) is 50.0 cm³/mol. The van der Waals surface area contributed by atoms with Crippen molar-refractivity contribution in [1.82, 2.24) is 0 Å². The minimum Gasteiger partial charge on any atom is -0.397 e. The zero-order valence-electron chi connectivity index (χ0n) is 6.25. The Morgan fingerprint density at radius 1 is 1.10 bits per heavy atom. The number of hydrogen-bond acceptors (Lipinski definition) is 3. The van der Waals surface area contributed by atoms with Gasteiger partial charge in [0.1, 0.15) is 0 Å². The van der Waals surface area contributed by atoms with Crippen molar-refractivity contribution in [2.45, 2.75) is 13.3 Å². The maximum atomic E-state index is 7.57. The Balaban J connectivity index is -0.0000000326. The molecular weight excluding hydrogens is 175 g/mol. The number of aliphatic hydroxyl groups is 1. The van der Waals surface area contributed by atoms with Crippen molar-refractivity contribution in [2.24, 2.45) is 11.5 Å². The molecule has 5 heteroatoms. The highest BCUT2D eigenvalue weighted by Crippen LogP contribution is 1.58. The van der Waals surface area contributed by atoms with Crippen LogP contribution in [0, 0.1) is 0 Å². The number of rotatable bonds is 2. The largest absolute Gasteiger partial charge is 0.397 e. The summed E-state index contributed by atoms with van der Waals surface area (Å²) in [5.74, 6) is 0. The molecule has 0 aliphatic heterocycles. The van der Waals surface area contributed by atoms with Crippen LogP contribution in [0.2, 0.25) is 0 Å². The van der Waals surface area contributed by atoms with Crippen molar-refractivity contribution in [3.63, 3.8) is 0 Å². The van der Waals surface area contributed by atoms with Gasteiger partial charge >= 0.3 is 0 Å². The Morgan fingerprint density at radius 2 is 1.30 bits per heavy atom. The molecule has 0 bridgehead atoms. The third-order valence-electron chi connectivity index (χ3n) is 0.408. The normalized spacial score (nSPS) is 6.00. The average molecular weight is 193 g/mol. The summed E-state index contributed by atoms with van der Waals surface area (Å²) >= 11 is 0. The van der Waals surface area contributed by atoms with Crippen molar-refractivity contribution in [1.29, 1.82) is 0 Å². The predicted octanol–water partition coefficient (Wildman–Crippen LogP) is 0.136. The quantitative estimate of drug-likeness (QED) is 0.583. The van der Waals surface area contributed by atoms with E-state index in [1.165, 1.54) is 0 Å². The summed E-state index contributed by atoms with van der Waals surface area (Å²) in [6, 6.07) is 0. The molecule has 0 atom stereocenters. The monoisotopic (exact) mass is 192 g/mol. The molecule has 68 valence electrons. The molecule has 0 rings (SSSR count). The Hall–Kier alpha value is 0.460. The topological polar surface area (TPSA) is 72.3 Å². The summed E-state index contributed by atoms with van der Waals surface area (Å²) < 4.78 is 0. The minimum atomic E-state index is 0. The van der Waals surface area contributed by atoms with Gasteiger partial charge in [-0.25, -0.2) is 0 Å². The summed E-state index contributed by atoms with van der Waals surface area (Å²) in [6.45, 7) is 3.37. The van der Waals surface area contributed by atoms with E-state index in [2.05, 4.69) is 0 Å². The zero-order valence-corrected chi connectivity index (χ0v) is 7.88. The van der Waals surface area contributed by atoms with Crippen LogP contribution in [0.5, 0.6) is 0 Å². The molecule has 3 nitrogen and oxygen atoms in total. The van der Waals surface area contributed by atoms with Gasteiger partial charge in [-0.05, 0) is 26.4 Å². The fourth-order valence-corrected chi connectivity index (χ4v) is 0.118. The number of aliphatic hydroxyl groups excluding tert-OH is 1. The highest BCUT2D eigenvalue weighted by atomic mass is 35.5. The van der Waals surface area contributed by atoms with E-state index in [9.17, 15) is 0 Å². The molecule has 0 saturated heterocycles. The molecule has 0 saturated carbocycles. The maximum Gasteiger partial charge on any atom is 0.0402 e. The molecule has 0 aliphatic rings. The highest BCUT2D eigenvalue weighted by molar-refractivity contribution is 5.85. The molecule has 0 aliphatic carbocycles. The van der Waals surface area contributed by atoms with Crippen LogP contribution >= 0.6 is 24.8 Å². The molecule has 5 N–H and O–H groups in total. The van der Waals surface area contributed by atoms with Crippen molar-refractivity contribution in [3.8, 4) is 0 Å². The van der Waals surface area contributed by atoms with Crippen molar-refractivity contribution < 1.29 is 5.11 Å². The smallest absolute Gasteiger partial charge is 0.0402 e. The summed E-state index contributed by atoms with van der Waals surface area (Å²) in [5, 5.41) is 7.57. The Labute approximate surface area is 75.0 Å². The lowest BCUT2D eigenvalue weighted by atomic mass is 10.4. The second-order valence-corrected chi connectivity index (χ2v) is 1.25. The van der Waals surface area contributed by atoms with Gasteiger partial charge in [0.25, 0.3) is 0 Å². The Kier molecular flexibility index (Phi) is 76.4. The fraction of sp³-hybridized carbons (Fsp3) is 1.00. The lowest BCUT2D eigenvalue weighted by molar-refractivity contribution is 0.318. The number of halogens is 2. The summed E-state index contributed by atoms with van der Waals surface area (Å²) in [5.41, 5.74) is 10.1. The van der Waals surface area contributed by atoms with Gasteiger partial charge in [0.05, 0.1) is 0 Å². The van der Waals surface area contributed by atoms with E-state index in [4.69, 9.17) is 16.6 Å². The molecule has 0 aromatic heterocycles. The second-order valence-electron chi connectivity index (χ2n) is 1.25. The number of nitrogens with two attached hydrogens (primary N) is 2. The van der Waals surface area contributed by atoms with Gasteiger partial charge in [-0.2, -0.15) is 0 Å². The summed E-state index contributed by atoms with van der Waals surface area (Å²) in [4.78, 5) is 0. The van der Waals surface area contributed by atoms with Crippen LogP contribution in [-0.2, 0) is 0 Å². The first-order valence-electron chi connectivity index (χ1n) is 2.84. The third-order valence-corrected chi connectivity index (χ3v) is 0.408. The van der Waals surface area contributed by atoms with E-state index in [0.29, 0.717) is 0 Å². The fourth-order valence-electron chi connectivity index (χ4n) is 0.118. The van der Waals surface area contributed by atoms with E-state index < -0.39 is 0 Å². The van der Waals surface area contributed by atoms with Crippen molar-refractivity contribution >= 4 is 24.8 Å². The molecule has 10 heavy (non-hydrogen) atoms. The van der Waals surface area contributed by atoms with Gasteiger partial charge in [0.2, 0.25) is 0 Å². The van der Waals surface area contributed by atoms with Crippen LogP contribution in [0.1, 0.15) is 13.3 Å².